The van der Waals surface area contributed by atoms with Crippen LogP contribution in [0.3, 0.4) is 0 Å². The van der Waals surface area contributed by atoms with Crippen LogP contribution < -0.4 is 20.7 Å². The predicted molar refractivity (Wildman–Crippen MR) is 246 cm³/mol. The van der Waals surface area contributed by atoms with Crippen LogP contribution in [0.5, 0.6) is 0 Å². The van der Waals surface area contributed by atoms with Crippen LogP contribution in [0.4, 0.5) is 0 Å². The van der Waals surface area contributed by atoms with E-state index in [4.69, 9.17) is 22.4 Å². The van der Waals surface area contributed by atoms with Gasteiger partial charge in [-0.25, -0.2) is 0 Å². The number of hydrogen-bond acceptors (Lipinski definition) is 6. The van der Waals surface area contributed by atoms with Crippen molar-refractivity contribution in [2.75, 3.05) is 19.8 Å². The zero-order valence-electron chi connectivity index (χ0n) is 35.7. The summed E-state index contributed by atoms with van der Waals surface area (Å²) in [6.07, 6.45) is 5.06. The first kappa shape index (κ1) is 45.7. The molecule has 5 aromatic rings. The highest BCUT2D eigenvalue weighted by Crippen LogP contribution is 2.23. The second-order valence-electron chi connectivity index (χ2n) is 16.7. The van der Waals surface area contributed by atoms with E-state index in [1.165, 1.54) is 0 Å². The molecule has 0 unspecified atom stereocenters. The topological polar surface area (TPSA) is 66.4 Å². The van der Waals surface area contributed by atoms with Crippen LogP contribution in [0.1, 0.15) is 66.4 Å². The lowest BCUT2D eigenvalue weighted by atomic mass is 10.0. The van der Waals surface area contributed by atoms with E-state index >= 15 is 0 Å². The molecule has 0 heterocycles. The average Bonchev–Trinajstić information content (AvgIpc) is 3.23. The van der Waals surface area contributed by atoms with Gasteiger partial charge in [-0.1, -0.05) is 170 Å². The highest BCUT2D eigenvalue weighted by Gasteiger charge is 2.47. The van der Waals surface area contributed by atoms with Gasteiger partial charge in [0.15, 0.2) is 0 Å². The number of rotatable bonds is 20. The lowest BCUT2D eigenvalue weighted by Gasteiger charge is -2.38. The van der Waals surface area contributed by atoms with E-state index < -0.39 is 34.4 Å². The lowest BCUT2D eigenvalue weighted by molar-refractivity contribution is 0.0698. The Morgan fingerprint density at radius 2 is 1.02 bits per heavy atom. The molecule has 2 atom stereocenters. The van der Waals surface area contributed by atoms with Crippen LogP contribution >= 0.6 is 0 Å². The molecule has 0 aliphatic carbocycles. The Hall–Kier alpha value is -4.41. The summed E-state index contributed by atoms with van der Waals surface area (Å²) in [5.74, 6) is 6.08. The summed E-state index contributed by atoms with van der Waals surface area (Å²) in [6.45, 7) is 14.2. The molecule has 0 bridgehead atoms. The summed E-state index contributed by atoms with van der Waals surface area (Å²) in [4.78, 5) is 0. The van der Waals surface area contributed by atoms with E-state index in [1.54, 1.807) is 0 Å². The van der Waals surface area contributed by atoms with Gasteiger partial charge in [0.05, 0.1) is 24.4 Å². The molecule has 310 valence electrons. The summed E-state index contributed by atoms with van der Waals surface area (Å²) < 4.78 is 34.1. The number of benzene rings is 5. The van der Waals surface area contributed by atoms with E-state index in [9.17, 15) is 5.11 Å². The molecule has 0 fully saturated rings. The monoisotopic (exact) mass is 826 g/mol. The first-order chi connectivity index (χ1) is 28.4. The Labute approximate surface area is 355 Å². The zero-order valence-corrected chi connectivity index (χ0v) is 37.7. The summed E-state index contributed by atoms with van der Waals surface area (Å²) in [5, 5.41) is 15.5. The zero-order chi connectivity index (χ0) is 42.0. The molecule has 8 heteroatoms. The van der Waals surface area contributed by atoms with Gasteiger partial charge in [-0.3, -0.25) is 0 Å². The molecule has 0 saturated heterocycles. The van der Waals surface area contributed by atoms with E-state index in [1.807, 2.05) is 97.1 Å². The molecule has 0 aliphatic heterocycles. The Morgan fingerprint density at radius 1 is 0.593 bits per heavy atom. The van der Waals surface area contributed by atoms with E-state index in [-0.39, 0.29) is 5.92 Å². The van der Waals surface area contributed by atoms with Crippen molar-refractivity contribution in [1.82, 2.24) is 0 Å². The third-order valence-electron chi connectivity index (χ3n) is 9.30. The van der Waals surface area contributed by atoms with Gasteiger partial charge >= 0.3 is 17.1 Å². The van der Waals surface area contributed by atoms with Crippen LogP contribution in [-0.4, -0.2) is 59.4 Å². The molecule has 59 heavy (non-hydrogen) atoms. The van der Waals surface area contributed by atoms with Gasteiger partial charge < -0.3 is 27.5 Å². The third-order valence-corrected chi connectivity index (χ3v) is 16.6. The largest absolute Gasteiger partial charge is 0.407 e. The molecule has 0 spiro atoms. The van der Waals surface area contributed by atoms with Crippen molar-refractivity contribution in [3.63, 3.8) is 0 Å². The van der Waals surface area contributed by atoms with Gasteiger partial charge in [0.1, 0.15) is 6.10 Å². The Balaban J connectivity index is 1.40. The van der Waals surface area contributed by atoms with E-state index in [2.05, 4.69) is 120 Å². The maximum Gasteiger partial charge on any atom is 0.407 e. The Morgan fingerprint density at radius 3 is 1.46 bits per heavy atom. The minimum Gasteiger partial charge on any atom is -0.387 e. The number of ether oxygens (including phenoxy) is 1. The van der Waals surface area contributed by atoms with Gasteiger partial charge in [-0.15, -0.1) is 5.92 Å². The first-order valence-corrected chi connectivity index (χ1v) is 24.4. The van der Waals surface area contributed by atoms with Crippen molar-refractivity contribution in [1.29, 1.82) is 0 Å². The fraction of sp³-hybridized carbons (Fsp3) is 0.333. The fourth-order valence-corrected chi connectivity index (χ4v) is 13.8. The van der Waals surface area contributed by atoms with Crippen molar-refractivity contribution in [3.8, 4) is 11.8 Å². The Bertz CT molecular complexity index is 1940. The summed E-state index contributed by atoms with van der Waals surface area (Å²) in [6, 6.07) is 51.3. The highest BCUT2D eigenvalue weighted by molar-refractivity contribution is 6.93. The summed E-state index contributed by atoms with van der Waals surface area (Å²) >= 11 is 0. The number of aliphatic hydroxyl groups excluding tert-OH is 1. The SMILES string of the molecule is CC(C)(C)O[Si](OC/C=C/[C@@H](CO[Si](OC(C)(C)C)(c1ccccc1)c1ccccc1)C[C@H](O)C#CCCCOCc1ccccc1)(c1ccccc1)c1ccccc1. The quantitative estimate of drug-likeness (QED) is 0.0371. The second-order valence-corrected chi connectivity index (χ2v) is 22.4. The maximum absolute atomic E-state index is 11.4. The molecule has 0 aromatic heterocycles. The van der Waals surface area contributed by atoms with Crippen LogP contribution in [-0.2, 0) is 29.0 Å². The van der Waals surface area contributed by atoms with Gasteiger partial charge in [0.25, 0.3) is 0 Å². The average molecular weight is 827 g/mol. The number of aliphatic hydroxyl groups is 1. The van der Waals surface area contributed by atoms with E-state index in [0.717, 1.165) is 32.7 Å². The highest BCUT2D eigenvalue weighted by atomic mass is 28.4. The van der Waals surface area contributed by atoms with Crippen LogP contribution in [0, 0.1) is 17.8 Å². The summed E-state index contributed by atoms with van der Waals surface area (Å²) in [5.41, 5.74) is 0.183. The van der Waals surface area contributed by atoms with Crippen molar-refractivity contribution in [2.24, 2.45) is 5.92 Å². The minimum absolute atomic E-state index is 0.215. The normalized spacial score (nSPS) is 13.5. The maximum atomic E-state index is 11.4. The molecule has 1 N–H and O–H groups in total. The predicted octanol–water partition coefficient (Wildman–Crippen LogP) is 8.09. The fourth-order valence-electron chi connectivity index (χ4n) is 6.86. The molecule has 5 aromatic carbocycles. The standard InChI is InChI=1S/C51H62O6Si2/c1-50(2,3)56-58(46-30-16-8-17-31-46,47-32-18-9-19-33-47)54-39-25-28-44(40-45(52)29-15-12-24-38-53-41-43-26-13-7-14-27-43)42-55-59(57-51(4,5)6,48-34-20-10-21-35-48)49-36-22-11-23-37-49/h7-11,13-14,16-23,25-28,30-37,44-45,52H,12,24,38-42H2,1-6H3/b28-25+/t44-,45-/m1/s1. The van der Waals surface area contributed by atoms with Gasteiger partial charge in [0, 0.05) is 25.6 Å². The molecular weight excluding hydrogens is 765 g/mol. The van der Waals surface area contributed by atoms with Gasteiger partial charge in [0.2, 0.25) is 0 Å². The molecule has 0 amide bonds. The van der Waals surface area contributed by atoms with E-state index in [0.29, 0.717) is 39.3 Å². The van der Waals surface area contributed by atoms with Gasteiger partial charge in [-0.2, -0.15) is 0 Å². The first-order valence-electron chi connectivity index (χ1n) is 20.7. The van der Waals surface area contributed by atoms with Gasteiger partial charge in [-0.05, 0) is 80.7 Å². The number of unbranched alkanes of at least 4 members (excludes halogenated alkanes) is 1. The number of hydrogen-bond donors (Lipinski definition) is 1. The van der Waals surface area contributed by atoms with Crippen LogP contribution in [0.2, 0.25) is 0 Å². The molecular formula is C51H62O6Si2. The van der Waals surface area contributed by atoms with Crippen molar-refractivity contribution >= 4 is 37.9 Å². The molecule has 0 radical (unpaired) electrons. The van der Waals surface area contributed by atoms with Crippen molar-refractivity contribution < 1.29 is 27.5 Å². The molecule has 0 saturated carbocycles. The van der Waals surface area contributed by atoms with Crippen molar-refractivity contribution in [3.05, 3.63) is 169 Å². The molecule has 0 aliphatic rings. The smallest absolute Gasteiger partial charge is 0.387 e. The lowest BCUT2D eigenvalue weighted by Crippen LogP contribution is -2.66. The van der Waals surface area contributed by atoms with Crippen LogP contribution in [0.15, 0.2) is 164 Å². The minimum atomic E-state index is -3.27. The second kappa shape index (κ2) is 22.3. The molecule has 5 rings (SSSR count). The van der Waals surface area contributed by atoms with Crippen LogP contribution in [0.25, 0.3) is 0 Å². The Kier molecular flexibility index (Phi) is 17.2. The summed E-state index contributed by atoms with van der Waals surface area (Å²) in [7, 11) is -6.45. The van der Waals surface area contributed by atoms with Crippen molar-refractivity contribution in [2.45, 2.75) is 84.7 Å². The molecule has 6 nitrogen and oxygen atoms in total. The third kappa shape index (κ3) is 14.4.